The molecule has 4 aliphatic carbocycles. The predicted octanol–water partition coefficient (Wildman–Crippen LogP) is 3.19. The lowest BCUT2D eigenvalue weighted by Crippen LogP contribution is -2.56. The predicted molar refractivity (Wildman–Crippen MR) is 98.4 cm³/mol. The number of amides is 1. The van der Waals surface area contributed by atoms with Crippen LogP contribution in [0.15, 0.2) is 16.9 Å². The van der Waals surface area contributed by atoms with Crippen LogP contribution in [-0.4, -0.2) is 16.5 Å². The first-order valence-electron chi connectivity index (χ1n) is 9.82. The van der Waals surface area contributed by atoms with Crippen LogP contribution in [0.25, 0.3) is 0 Å². The lowest BCUT2D eigenvalue weighted by molar-refractivity contribution is -0.126. The second-order valence-corrected chi connectivity index (χ2v) is 9.13. The van der Waals surface area contributed by atoms with Gasteiger partial charge in [0.25, 0.3) is 0 Å². The average Bonchev–Trinajstić information content (AvgIpc) is 2.49. The van der Waals surface area contributed by atoms with Crippen molar-refractivity contribution in [2.75, 3.05) is 0 Å². The van der Waals surface area contributed by atoms with E-state index in [9.17, 15) is 9.59 Å². The molecule has 136 valence electrons. The van der Waals surface area contributed by atoms with Crippen LogP contribution in [0.5, 0.6) is 0 Å². The van der Waals surface area contributed by atoms with Crippen LogP contribution in [0.3, 0.4) is 0 Å². The van der Waals surface area contributed by atoms with Gasteiger partial charge in [-0.2, -0.15) is 0 Å². The Bertz CT molecular complexity index is 687. The van der Waals surface area contributed by atoms with Crippen LogP contribution in [-0.2, 0) is 11.3 Å². The van der Waals surface area contributed by atoms with E-state index in [1.807, 2.05) is 18.4 Å². The molecule has 5 rings (SSSR count). The maximum Gasteiger partial charge on any atom is 0.240 e. The number of nitrogens with one attached hydrogen (secondary N) is 1. The molecule has 4 nitrogen and oxygen atoms in total. The van der Waals surface area contributed by atoms with Gasteiger partial charge in [-0.1, -0.05) is 0 Å². The summed E-state index contributed by atoms with van der Waals surface area (Å²) in [6.07, 6.45) is 8.19. The Morgan fingerprint density at radius 1 is 1.12 bits per heavy atom. The Hall–Kier alpha value is -1.58. The minimum absolute atomic E-state index is 0.00796. The van der Waals surface area contributed by atoms with E-state index in [0.717, 1.165) is 29.1 Å². The highest BCUT2D eigenvalue weighted by molar-refractivity contribution is 5.76. The van der Waals surface area contributed by atoms with E-state index in [0.29, 0.717) is 12.0 Å². The fourth-order valence-corrected chi connectivity index (χ4v) is 6.43. The number of pyridine rings is 1. The van der Waals surface area contributed by atoms with Crippen molar-refractivity contribution in [1.82, 2.24) is 9.88 Å². The summed E-state index contributed by atoms with van der Waals surface area (Å²) >= 11 is 0. The summed E-state index contributed by atoms with van der Waals surface area (Å²) < 4.78 is 1.93. The van der Waals surface area contributed by atoms with E-state index in [2.05, 4.69) is 12.2 Å². The lowest BCUT2D eigenvalue weighted by Gasteiger charge is -2.59. The van der Waals surface area contributed by atoms with Crippen LogP contribution in [0.4, 0.5) is 0 Å². The van der Waals surface area contributed by atoms with Gasteiger partial charge in [-0.3, -0.25) is 9.59 Å². The molecule has 0 spiro atoms. The van der Waals surface area contributed by atoms with E-state index < -0.39 is 0 Å². The van der Waals surface area contributed by atoms with Gasteiger partial charge in [0, 0.05) is 29.6 Å². The van der Waals surface area contributed by atoms with Crippen molar-refractivity contribution >= 4 is 5.91 Å². The standard InChI is InChI=1S/C21H30N2O2/c1-13-4-19(24)5-14(2)23(13)12-20(25)22-15(3)21-9-16-6-17(10-21)8-18(7-16)11-21/h4-5,15-18H,6-12H2,1-3H3,(H,22,25). The minimum atomic E-state index is 0.00796. The van der Waals surface area contributed by atoms with Crippen molar-refractivity contribution < 1.29 is 4.79 Å². The van der Waals surface area contributed by atoms with Crippen LogP contribution in [0, 0.1) is 37.0 Å². The molecule has 1 N–H and O–H groups in total. The summed E-state index contributed by atoms with van der Waals surface area (Å²) in [4.78, 5) is 24.3. The summed E-state index contributed by atoms with van der Waals surface area (Å²) in [5.74, 6) is 2.76. The van der Waals surface area contributed by atoms with Crippen molar-refractivity contribution in [3.8, 4) is 0 Å². The van der Waals surface area contributed by atoms with Gasteiger partial charge >= 0.3 is 0 Å². The van der Waals surface area contributed by atoms with Crippen LogP contribution in [0.1, 0.15) is 56.8 Å². The van der Waals surface area contributed by atoms with Crippen molar-refractivity contribution in [2.45, 2.75) is 71.9 Å². The molecule has 25 heavy (non-hydrogen) atoms. The Balaban J connectivity index is 1.45. The fourth-order valence-electron chi connectivity index (χ4n) is 6.43. The van der Waals surface area contributed by atoms with E-state index in [4.69, 9.17) is 0 Å². The van der Waals surface area contributed by atoms with E-state index >= 15 is 0 Å². The highest BCUT2D eigenvalue weighted by Gasteiger charge is 2.53. The van der Waals surface area contributed by atoms with Crippen molar-refractivity contribution in [3.63, 3.8) is 0 Å². The third kappa shape index (κ3) is 3.04. The summed E-state index contributed by atoms with van der Waals surface area (Å²) in [6.45, 7) is 6.30. The third-order valence-corrected chi connectivity index (χ3v) is 7.24. The molecule has 4 fully saturated rings. The number of aromatic nitrogens is 1. The second-order valence-electron chi connectivity index (χ2n) is 9.13. The summed E-state index contributed by atoms with van der Waals surface area (Å²) in [5.41, 5.74) is 2.04. The molecular weight excluding hydrogens is 312 g/mol. The Kier molecular flexibility index (Phi) is 4.04. The molecule has 4 heteroatoms. The number of nitrogens with zero attached hydrogens (tertiary/aromatic N) is 1. The molecule has 0 aromatic carbocycles. The molecule has 0 aliphatic heterocycles. The first kappa shape index (κ1) is 16.9. The minimum Gasteiger partial charge on any atom is -0.352 e. The first-order valence-corrected chi connectivity index (χ1v) is 9.82. The normalized spacial score (nSPS) is 34.1. The molecule has 4 aliphatic rings. The number of hydrogen-bond acceptors (Lipinski definition) is 2. The molecular formula is C21H30N2O2. The lowest BCUT2D eigenvalue weighted by atomic mass is 9.48. The molecule has 1 aromatic heterocycles. The van der Waals surface area contributed by atoms with Crippen LogP contribution in [0.2, 0.25) is 0 Å². The summed E-state index contributed by atoms with van der Waals surface area (Å²) in [5, 5.41) is 3.32. The van der Waals surface area contributed by atoms with E-state index in [1.165, 1.54) is 38.5 Å². The molecule has 0 saturated heterocycles. The van der Waals surface area contributed by atoms with Gasteiger partial charge in [-0.25, -0.2) is 0 Å². The Morgan fingerprint density at radius 2 is 1.60 bits per heavy atom. The van der Waals surface area contributed by atoms with Gasteiger partial charge in [-0.05, 0) is 82.5 Å². The molecule has 4 bridgehead atoms. The van der Waals surface area contributed by atoms with Gasteiger partial charge in [0.05, 0.1) is 0 Å². The van der Waals surface area contributed by atoms with Gasteiger partial charge < -0.3 is 9.88 Å². The molecule has 1 heterocycles. The van der Waals surface area contributed by atoms with Gasteiger partial charge in [-0.15, -0.1) is 0 Å². The molecule has 4 saturated carbocycles. The molecule has 1 aromatic rings. The van der Waals surface area contributed by atoms with E-state index in [-0.39, 0.29) is 17.4 Å². The van der Waals surface area contributed by atoms with Gasteiger partial charge in [0.15, 0.2) is 5.43 Å². The molecule has 0 radical (unpaired) electrons. The monoisotopic (exact) mass is 342 g/mol. The largest absolute Gasteiger partial charge is 0.352 e. The van der Waals surface area contributed by atoms with Crippen molar-refractivity contribution in [3.05, 3.63) is 33.7 Å². The Labute approximate surface area is 150 Å². The zero-order valence-electron chi connectivity index (χ0n) is 15.7. The zero-order chi connectivity index (χ0) is 17.8. The van der Waals surface area contributed by atoms with E-state index in [1.54, 1.807) is 12.1 Å². The Morgan fingerprint density at radius 3 is 2.08 bits per heavy atom. The number of rotatable bonds is 4. The van der Waals surface area contributed by atoms with Gasteiger partial charge in [0.1, 0.15) is 6.54 Å². The highest BCUT2D eigenvalue weighted by Crippen LogP contribution is 2.61. The van der Waals surface area contributed by atoms with Gasteiger partial charge in [0.2, 0.25) is 5.91 Å². The molecule has 1 unspecified atom stereocenters. The zero-order valence-corrected chi connectivity index (χ0v) is 15.7. The topological polar surface area (TPSA) is 51.1 Å². The number of carbonyl (C=O) groups excluding carboxylic acids is 1. The summed E-state index contributed by atoms with van der Waals surface area (Å²) in [7, 11) is 0. The smallest absolute Gasteiger partial charge is 0.240 e. The third-order valence-electron chi connectivity index (χ3n) is 7.24. The second kappa shape index (κ2) is 6.00. The van der Waals surface area contributed by atoms with Crippen molar-refractivity contribution in [2.24, 2.45) is 23.2 Å². The fraction of sp³-hybridized carbons (Fsp3) is 0.714. The highest BCUT2D eigenvalue weighted by atomic mass is 16.2. The maximum absolute atomic E-state index is 12.7. The molecule has 1 atom stereocenters. The number of aryl methyl sites for hydroxylation is 2. The average molecular weight is 342 g/mol. The SMILES string of the molecule is Cc1cc(=O)cc(C)n1CC(=O)NC(C)C12CC3CC(CC(C3)C1)C2. The quantitative estimate of drug-likeness (QED) is 0.913. The first-order chi connectivity index (χ1) is 11.8. The van der Waals surface area contributed by atoms with Crippen LogP contribution >= 0.6 is 0 Å². The number of carbonyl (C=O) groups is 1. The van der Waals surface area contributed by atoms with Crippen LogP contribution < -0.4 is 10.7 Å². The van der Waals surface area contributed by atoms with Crippen molar-refractivity contribution in [1.29, 1.82) is 0 Å². The summed E-state index contributed by atoms with van der Waals surface area (Å²) in [6, 6.07) is 3.44. The maximum atomic E-state index is 12.7. The number of hydrogen-bond donors (Lipinski definition) is 1. The molecule has 1 amide bonds.